The smallest absolute Gasteiger partial charge is 0.0725 e. The van der Waals surface area contributed by atoms with Gasteiger partial charge in [-0.1, -0.05) is 237 Å². The maximum atomic E-state index is 2.51. The number of rotatable bonds is 8. The number of fused-ring (bicyclic) bond motifs is 15. The van der Waals surface area contributed by atoms with Crippen LogP contribution in [0.15, 0.2) is 315 Å². The lowest BCUT2D eigenvalue weighted by Gasteiger charge is -2.30. The highest BCUT2D eigenvalue weighted by Gasteiger charge is 2.51. The van der Waals surface area contributed by atoms with Crippen molar-refractivity contribution in [1.82, 2.24) is 4.57 Å². The van der Waals surface area contributed by atoms with E-state index in [1.54, 1.807) is 0 Å². The summed E-state index contributed by atoms with van der Waals surface area (Å²) in [6, 6.07) is 117. The number of aromatic nitrogens is 1. The summed E-state index contributed by atoms with van der Waals surface area (Å²) in [4.78, 5) is 2.32. The number of benzene rings is 14. The van der Waals surface area contributed by atoms with Crippen molar-refractivity contribution in [3.8, 4) is 72.4 Å². The van der Waals surface area contributed by atoms with Gasteiger partial charge >= 0.3 is 0 Å². The highest BCUT2D eigenvalue weighted by Crippen LogP contribution is 2.63. The highest BCUT2D eigenvalue weighted by molar-refractivity contribution is 6.21. The van der Waals surface area contributed by atoms with Crippen LogP contribution in [0.5, 0.6) is 0 Å². The van der Waals surface area contributed by atoms with Gasteiger partial charge in [0.15, 0.2) is 0 Å². The maximum Gasteiger partial charge on any atom is 0.0725 e. The van der Waals surface area contributed by atoms with Gasteiger partial charge in [-0.05, 0) is 189 Å². The van der Waals surface area contributed by atoms with E-state index in [2.05, 4.69) is 325 Å². The molecule has 0 unspecified atom stereocenters. The van der Waals surface area contributed by atoms with Crippen molar-refractivity contribution < 1.29 is 0 Å². The van der Waals surface area contributed by atoms with Crippen molar-refractivity contribution in [2.24, 2.45) is 0 Å². The summed E-state index contributed by atoms with van der Waals surface area (Å²) >= 11 is 0. The van der Waals surface area contributed by atoms with Gasteiger partial charge < -0.3 is 9.47 Å². The molecule has 0 aliphatic heterocycles. The predicted octanol–water partition coefficient (Wildman–Crippen LogP) is 21.6. The molecule has 2 aliphatic carbocycles. The third-order valence-electron chi connectivity index (χ3n) is 18.0. The van der Waals surface area contributed by atoms with E-state index in [0.29, 0.717) is 0 Å². The van der Waals surface area contributed by atoms with E-state index >= 15 is 0 Å². The van der Waals surface area contributed by atoms with Crippen molar-refractivity contribution in [2.45, 2.75) is 5.41 Å². The van der Waals surface area contributed by atoms with Gasteiger partial charge in [0.1, 0.15) is 0 Å². The summed E-state index contributed by atoms with van der Waals surface area (Å²) in [5, 5.41) is 7.43. The summed E-state index contributed by atoms with van der Waals surface area (Å²) in [5.41, 5.74) is 26.7. The number of anilines is 3. The van der Waals surface area contributed by atoms with E-state index in [9.17, 15) is 0 Å². The van der Waals surface area contributed by atoms with Gasteiger partial charge in [0.25, 0.3) is 0 Å². The molecule has 0 N–H and O–H groups in total. The fourth-order valence-electron chi connectivity index (χ4n) is 14.5. The van der Waals surface area contributed by atoms with E-state index < -0.39 is 5.41 Å². The molecule has 0 bridgehead atoms. The zero-order valence-corrected chi connectivity index (χ0v) is 45.4. The molecule has 2 nitrogen and oxygen atoms in total. The van der Waals surface area contributed by atoms with Crippen LogP contribution in [0, 0.1) is 0 Å². The number of hydrogen-bond acceptors (Lipinski definition) is 1. The Kier molecular flexibility index (Phi) is 10.6. The summed E-state index contributed by atoms with van der Waals surface area (Å²) < 4.78 is 2.47. The van der Waals surface area contributed by atoms with Crippen molar-refractivity contribution in [3.05, 3.63) is 338 Å². The second-order valence-corrected chi connectivity index (χ2v) is 22.3. The molecule has 1 spiro atoms. The minimum atomic E-state index is -0.423. The van der Waals surface area contributed by atoms with E-state index in [1.807, 2.05) is 0 Å². The molecule has 0 saturated heterocycles. The van der Waals surface area contributed by atoms with Gasteiger partial charge in [0.05, 0.1) is 16.4 Å². The van der Waals surface area contributed by atoms with Crippen molar-refractivity contribution in [2.75, 3.05) is 4.90 Å². The molecule has 14 aromatic carbocycles. The SMILES string of the molecule is c1ccc(-c2c3ccccc3c(-c3ccc(-n4c5ccc(-c6ccc(N(c7ccccc7)c7ccccc7)cc6)cc5c5cc(-c6ccc7c(c6)C6(c8ccccc8-c8ccccc86)c6ccccc6-7)ccc54)cc3)c3ccccc23)cc1. The molecular formula is C81H52N2. The van der Waals surface area contributed by atoms with Crippen LogP contribution in [0.2, 0.25) is 0 Å². The van der Waals surface area contributed by atoms with Crippen LogP contribution in [0.4, 0.5) is 17.1 Å². The third kappa shape index (κ3) is 7.10. The van der Waals surface area contributed by atoms with Crippen LogP contribution in [0.1, 0.15) is 22.3 Å². The molecule has 1 aromatic heterocycles. The van der Waals surface area contributed by atoms with E-state index in [4.69, 9.17) is 0 Å². The molecule has 0 amide bonds. The van der Waals surface area contributed by atoms with Crippen molar-refractivity contribution >= 4 is 60.4 Å². The molecule has 17 rings (SSSR count). The number of hydrogen-bond donors (Lipinski definition) is 0. The Labute approximate surface area is 482 Å². The van der Waals surface area contributed by atoms with Crippen LogP contribution in [-0.4, -0.2) is 4.57 Å². The Morgan fingerprint density at radius 1 is 0.229 bits per heavy atom. The molecule has 2 heteroatoms. The molecular weight excluding hydrogens is 1000 g/mol. The Morgan fingerprint density at radius 2 is 0.578 bits per heavy atom. The molecule has 0 saturated carbocycles. The Bertz CT molecular complexity index is 4890. The zero-order chi connectivity index (χ0) is 54.6. The minimum Gasteiger partial charge on any atom is -0.311 e. The van der Waals surface area contributed by atoms with Crippen molar-refractivity contribution in [1.29, 1.82) is 0 Å². The number of nitrogens with zero attached hydrogens (tertiary/aromatic N) is 2. The quantitative estimate of drug-likeness (QED) is 0.138. The molecule has 0 radical (unpaired) electrons. The summed E-state index contributed by atoms with van der Waals surface area (Å²) in [5.74, 6) is 0. The first-order valence-electron chi connectivity index (χ1n) is 28.8. The van der Waals surface area contributed by atoms with Crippen LogP contribution in [0.3, 0.4) is 0 Å². The van der Waals surface area contributed by atoms with Crippen LogP contribution in [0.25, 0.3) is 116 Å². The highest BCUT2D eigenvalue weighted by atomic mass is 15.1. The lowest BCUT2D eigenvalue weighted by molar-refractivity contribution is 0.794. The van der Waals surface area contributed by atoms with Gasteiger partial charge in [-0.2, -0.15) is 0 Å². The second kappa shape index (κ2) is 18.6. The first-order chi connectivity index (χ1) is 41.2. The Hall–Kier alpha value is -10.8. The topological polar surface area (TPSA) is 8.17 Å². The zero-order valence-electron chi connectivity index (χ0n) is 45.4. The average molecular weight is 1050 g/mol. The molecule has 1 heterocycles. The van der Waals surface area contributed by atoms with Gasteiger partial charge in [-0.25, -0.2) is 0 Å². The average Bonchev–Trinajstić information content (AvgIpc) is 1.78. The molecule has 0 atom stereocenters. The van der Waals surface area contributed by atoms with Gasteiger partial charge in [0, 0.05) is 33.5 Å². The fourth-order valence-corrected chi connectivity index (χ4v) is 14.5. The molecule has 83 heavy (non-hydrogen) atoms. The van der Waals surface area contributed by atoms with Crippen LogP contribution < -0.4 is 4.90 Å². The minimum absolute atomic E-state index is 0.423. The molecule has 0 fully saturated rings. The van der Waals surface area contributed by atoms with E-state index in [-0.39, 0.29) is 0 Å². The maximum absolute atomic E-state index is 2.51. The summed E-state index contributed by atoms with van der Waals surface area (Å²) in [7, 11) is 0. The van der Waals surface area contributed by atoms with E-state index in [0.717, 1.165) is 39.3 Å². The monoisotopic (exact) mass is 1050 g/mol. The normalized spacial score (nSPS) is 12.7. The van der Waals surface area contributed by atoms with Gasteiger partial charge in [-0.15, -0.1) is 0 Å². The first-order valence-corrected chi connectivity index (χ1v) is 28.8. The van der Waals surface area contributed by atoms with E-state index in [1.165, 1.54) is 116 Å². The first kappa shape index (κ1) is 47.1. The van der Waals surface area contributed by atoms with Crippen LogP contribution >= 0.6 is 0 Å². The van der Waals surface area contributed by atoms with Gasteiger partial charge in [0.2, 0.25) is 0 Å². The number of para-hydroxylation sites is 2. The second-order valence-electron chi connectivity index (χ2n) is 22.3. The molecule has 386 valence electrons. The largest absolute Gasteiger partial charge is 0.311 e. The van der Waals surface area contributed by atoms with Crippen LogP contribution in [-0.2, 0) is 5.41 Å². The standard InChI is InChI=1S/C81H52N2/c1-4-20-54(21-5-1)79-67-29-10-12-31-69(67)80(70-32-13-11-30-68(70)79)55-38-45-62(46-39-55)83-77-48-41-56(53-36-43-61(44-37-53)82(59-22-6-2-7-23-59)60-24-8-3-9-25-60)50-71(77)72-51-57(42-49-78(72)83)58-40-47-66-65-28-16-19-35-75(65)81(76(66)52-58)73-33-17-14-26-63(73)64-27-15-18-34-74(64)81/h1-52H. The Morgan fingerprint density at radius 3 is 1.07 bits per heavy atom. The van der Waals surface area contributed by atoms with Gasteiger partial charge in [-0.3, -0.25) is 0 Å². The summed E-state index contributed by atoms with van der Waals surface area (Å²) in [6.45, 7) is 0. The summed E-state index contributed by atoms with van der Waals surface area (Å²) in [6.07, 6.45) is 0. The molecule has 2 aliphatic rings. The fraction of sp³-hybridized carbons (Fsp3) is 0.0123. The lowest BCUT2D eigenvalue weighted by atomic mass is 9.70. The van der Waals surface area contributed by atoms with Crippen molar-refractivity contribution in [3.63, 3.8) is 0 Å². The molecule has 15 aromatic rings. The Balaban J connectivity index is 0.834. The predicted molar refractivity (Wildman–Crippen MR) is 349 cm³/mol. The lowest BCUT2D eigenvalue weighted by Crippen LogP contribution is -2.25. The third-order valence-corrected chi connectivity index (χ3v) is 18.0.